The maximum absolute atomic E-state index is 13.1. The molecule has 2 amide bonds. The van der Waals surface area contributed by atoms with Gasteiger partial charge in [0.1, 0.15) is 24.8 Å². The summed E-state index contributed by atoms with van der Waals surface area (Å²) >= 11 is 3.48. The number of aliphatic hydroxyl groups excluding tert-OH is 1. The molecule has 3 aromatic carbocycles. The van der Waals surface area contributed by atoms with Gasteiger partial charge in [-0.25, -0.2) is 14.0 Å². The van der Waals surface area contributed by atoms with Crippen LogP contribution >= 0.6 is 15.9 Å². The first-order valence-corrected chi connectivity index (χ1v) is 14.4. The molecule has 4 rings (SSSR count). The van der Waals surface area contributed by atoms with Crippen LogP contribution < -0.4 is 30.3 Å². The van der Waals surface area contributed by atoms with Crippen LogP contribution in [-0.4, -0.2) is 49.9 Å². The largest absolute Gasteiger partial charge is 0.490 e. The lowest BCUT2D eigenvalue weighted by molar-refractivity contribution is -0.136. The number of allylic oxidation sites excluding steroid dienone is 1. The summed E-state index contributed by atoms with van der Waals surface area (Å²) in [5.41, 5.74) is 5.41. The highest BCUT2D eigenvalue weighted by Gasteiger charge is 2.32. The summed E-state index contributed by atoms with van der Waals surface area (Å²) in [6, 6.07) is 15.2. The molecule has 13 heteroatoms. The van der Waals surface area contributed by atoms with Crippen LogP contribution in [0.15, 0.2) is 81.5 Å². The number of urea groups is 1. The number of carbonyl (C=O) groups excluding carboxylic acids is 2. The van der Waals surface area contributed by atoms with Crippen LogP contribution in [0.1, 0.15) is 36.6 Å². The second-order valence-electron chi connectivity index (χ2n) is 9.52. The van der Waals surface area contributed by atoms with Crippen LogP contribution in [0.25, 0.3) is 0 Å². The molecule has 0 aliphatic carbocycles. The first-order chi connectivity index (χ1) is 21.2. The van der Waals surface area contributed by atoms with Gasteiger partial charge in [-0.2, -0.15) is 5.10 Å². The first kappa shape index (κ1) is 32.3. The Morgan fingerprint density at radius 1 is 1.09 bits per heavy atom. The number of benzene rings is 3. The summed E-state index contributed by atoms with van der Waals surface area (Å²) in [7, 11) is 1.27. The molecule has 1 aliphatic heterocycles. The molecule has 4 N–H and O–H groups in total. The van der Waals surface area contributed by atoms with Crippen LogP contribution in [0.3, 0.4) is 0 Å². The number of nitrogens with one attached hydrogen (secondary N) is 3. The summed E-state index contributed by atoms with van der Waals surface area (Å²) in [5, 5.41) is 19.8. The fourth-order valence-corrected chi connectivity index (χ4v) is 4.79. The minimum Gasteiger partial charge on any atom is -0.490 e. The molecule has 0 unspecified atom stereocenters. The lowest BCUT2D eigenvalue weighted by atomic mass is 9.95. The standard InChI is InChI=1S/C31H32BrFN4O7/c1-4-42-26-14-21(29-28(30(39)41-3)18(2)35-31(40)36-29)8-12-25(26)44-17-27(38)37-34-15-20-7-11-24(23(32)13-20)43-16-19-5-9-22(33)10-6-19/h5-15,27,29,37-38H,4,16-17H2,1-3H3,(H2,35,36,40)/b34-15-/t27-,29-/m0/s1. The van der Waals surface area contributed by atoms with Gasteiger partial charge >= 0.3 is 12.0 Å². The topological polar surface area (TPSA) is 140 Å². The minimum atomic E-state index is -1.15. The summed E-state index contributed by atoms with van der Waals surface area (Å²) in [6.45, 7) is 3.88. The fourth-order valence-electron chi connectivity index (χ4n) is 4.28. The first-order valence-electron chi connectivity index (χ1n) is 13.6. The molecule has 3 aromatic rings. The van der Waals surface area contributed by atoms with E-state index in [-0.39, 0.29) is 24.6 Å². The van der Waals surface area contributed by atoms with E-state index in [2.05, 4.69) is 37.1 Å². The van der Waals surface area contributed by atoms with Crippen molar-refractivity contribution in [3.8, 4) is 17.2 Å². The van der Waals surface area contributed by atoms with E-state index in [1.54, 1.807) is 62.4 Å². The minimum absolute atomic E-state index is 0.160. The number of ether oxygens (including phenoxy) is 4. The molecule has 0 fully saturated rings. The number of rotatable bonds is 13. The molecule has 1 aliphatic rings. The summed E-state index contributed by atoms with van der Waals surface area (Å²) < 4.78 is 36.0. The van der Waals surface area contributed by atoms with Crippen molar-refractivity contribution in [3.63, 3.8) is 0 Å². The molecule has 232 valence electrons. The predicted octanol–water partition coefficient (Wildman–Crippen LogP) is 4.69. The quantitative estimate of drug-likeness (QED) is 0.0889. The van der Waals surface area contributed by atoms with Crippen molar-refractivity contribution in [3.05, 3.63) is 98.9 Å². The molecular weight excluding hydrogens is 639 g/mol. The number of hydrazone groups is 1. The molecule has 0 aromatic heterocycles. The second-order valence-corrected chi connectivity index (χ2v) is 10.4. The Hall–Kier alpha value is -4.62. The summed E-state index contributed by atoms with van der Waals surface area (Å²) in [5.74, 6) is 0.441. The van der Waals surface area contributed by atoms with E-state index in [1.807, 2.05) is 0 Å². The van der Waals surface area contributed by atoms with Gasteiger partial charge in [0.05, 0.1) is 36.0 Å². The molecule has 0 spiro atoms. The van der Waals surface area contributed by atoms with Crippen molar-refractivity contribution in [1.82, 2.24) is 16.1 Å². The average molecular weight is 672 g/mol. The monoisotopic (exact) mass is 670 g/mol. The smallest absolute Gasteiger partial charge is 0.337 e. The highest BCUT2D eigenvalue weighted by Crippen LogP contribution is 2.35. The van der Waals surface area contributed by atoms with Crippen LogP contribution in [0.2, 0.25) is 0 Å². The van der Waals surface area contributed by atoms with E-state index >= 15 is 0 Å². The van der Waals surface area contributed by atoms with Gasteiger partial charge in [0.2, 0.25) is 0 Å². The number of halogens is 2. The Kier molecular flexibility index (Phi) is 11.2. The van der Waals surface area contributed by atoms with Gasteiger partial charge in [-0.15, -0.1) is 0 Å². The zero-order chi connectivity index (χ0) is 31.6. The Morgan fingerprint density at radius 3 is 2.55 bits per heavy atom. The number of hydrogen-bond acceptors (Lipinski definition) is 9. The predicted molar refractivity (Wildman–Crippen MR) is 164 cm³/mol. The van der Waals surface area contributed by atoms with E-state index < -0.39 is 24.3 Å². The van der Waals surface area contributed by atoms with E-state index in [4.69, 9.17) is 18.9 Å². The van der Waals surface area contributed by atoms with Crippen molar-refractivity contribution in [1.29, 1.82) is 0 Å². The molecular formula is C31H32BrFN4O7. The van der Waals surface area contributed by atoms with Gasteiger partial charge in [0, 0.05) is 5.70 Å². The third-order valence-corrected chi connectivity index (χ3v) is 6.99. The van der Waals surface area contributed by atoms with Crippen molar-refractivity contribution in [2.75, 3.05) is 20.3 Å². The summed E-state index contributed by atoms with van der Waals surface area (Å²) in [6.07, 6.45) is 0.377. The Morgan fingerprint density at radius 2 is 1.84 bits per heavy atom. The molecule has 0 saturated heterocycles. The third-order valence-electron chi connectivity index (χ3n) is 6.37. The third kappa shape index (κ3) is 8.48. The van der Waals surface area contributed by atoms with Gasteiger partial charge in [-0.3, -0.25) is 5.43 Å². The lowest BCUT2D eigenvalue weighted by Gasteiger charge is -2.28. The number of nitrogens with zero attached hydrogens (tertiary/aromatic N) is 1. The highest BCUT2D eigenvalue weighted by atomic mass is 79.9. The number of aliphatic hydroxyl groups is 1. The fraction of sp³-hybridized carbons (Fsp3) is 0.258. The van der Waals surface area contributed by atoms with Crippen molar-refractivity contribution in [2.45, 2.75) is 32.7 Å². The second kappa shape index (κ2) is 15.2. The molecule has 0 bridgehead atoms. The SMILES string of the molecule is CCOc1cc([C@@H]2NC(=O)NC(C)=C2C(=O)OC)ccc1OC[C@H](O)N/N=C\c1ccc(OCc2ccc(F)cc2)c(Br)c1. The van der Waals surface area contributed by atoms with Gasteiger partial charge < -0.3 is 34.7 Å². The number of esters is 1. The van der Waals surface area contributed by atoms with Crippen LogP contribution in [-0.2, 0) is 16.1 Å². The Bertz CT molecular complexity index is 1550. The molecule has 11 nitrogen and oxygen atoms in total. The average Bonchev–Trinajstić information content (AvgIpc) is 3.00. The number of methoxy groups -OCH3 is 1. The molecule has 2 atom stereocenters. The normalized spacial score (nSPS) is 15.3. The van der Waals surface area contributed by atoms with Crippen molar-refractivity contribution in [2.24, 2.45) is 5.10 Å². The molecule has 0 radical (unpaired) electrons. The Labute approximate surface area is 262 Å². The van der Waals surface area contributed by atoms with Crippen LogP contribution in [0, 0.1) is 5.82 Å². The molecule has 0 saturated carbocycles. The zero-order valence-corrected chi connectivity index (χ0v) is 25.8. The van der Waals surface area contributed by atoms with E-state index in [0.29, 0.717) is 39.6 Å². The highest BCUT2D eigenvalue weighted by molar-refractivity contribution is 9.10. The van der Waals surface area contributed by atoms with Crippen LogP contribution in [0.4, 0.5) is 9.18 Å². The number of amides is 2. The maximum atomic E-state index is 13.1. The number of carbonyl (C=O) groups is 2. The molecule has 1 heterocycles. The maximum Gasteiger partial charge on any atom is 0.337 e. The van der Waals surface area contributed by atoms with Crippen LogP contribution in [0.5, 0.6) is 17.2 Å². The van der Waals surface area contributed by atoms with Gasteiger partial charge in [0.25, 0.3) is 0 Å². The van der Waals surface area contributed by atoms with Crippen molar-refractivity contribution < 1.29 is 38.0 Å². The van der Waals surface area contributed by atoms with E-state index in [9.17, 15) is 19.1 Å². The van der Waals surface area contributed by atoms with Gasteiger partial charge in [-0.05, 0) is 88.9 Å². The number of hydrogen-bond donors (Lipinski definition) is 4. The summed E-state index contributed by atoms with van der Waals surface area (Å²) in [4.78, 5) is 24.6. The Balaban J connectivity index is 1.34. The lowest BCUT2D eigenvalue weighted by Crippen LogP contribution is -2.45. The zero-order valence-electron chi connectivity index (χ0n) is 24.2. The van der Waals surface area contributed by atoms with Crippen molar-refractivity contribution >= 4 is 34.1 Å². The van der Waals surface area contributed by atoms with Gasteiger partial charge in [-0.1, -0.05) is 18.2 Å². The van der Waals surface area contributed by atoms with E-state index in [1.165, 1.54) is 25.5 Å². The van der Waals surface area contributed by atoms with E-state index in [0.717, 1.165) is 11.1 Å². The van der Waals surface area contributed by atoms with Gasteiger partial charge in [0.15, 0.2) is 17.7 Å². The molecule has 44 heavy (non-hydrogen) atoms.